The van der Waals surface area contributed by atoms with Gasteiger partial charge in [0, 0.05) is 18.0 Å². The molecular formula is C15H18ClNO3S. The van der Waals surface area contributed by atoms with Crippen LogP contribution in [0.25, 0.3) is 0 Å². The Hall–Kier alpha value is -1.43. The lowest BCUT2D eigenvalue weighted by Gasteiger charge is -2.12. The molecule has 0 bridgehead atoms. The van der Waals surface area contributed by atoms with Gasteiger partial charge in [0.1, 0.15) is 18.1 Å². The Morgan fingerprint density at radius 2 is 2.00 bits per heavy atom. The average molecular weight is 328 g/mol. The second-order valence-electron chi connectivity index (χ2n) is 4.12. The lowest BCUT2D eigenvalue weighted by molar-refractivity contribution is 0.126. The molecule has 1 N–H and O–H groups in total. The fourth-order valence-electron chi connectivity index (χ4n) is 1.55. The van der Waals surface area contributed by atoms with Gasteiger partial charge < -0.3 is 14.6 Å². The highest BCUT2D eigenvalue weighted by molar-refractivity contribution is 7.99. The zero-order valence-electron chi connectivity index (χ0n) is 11.6. The minimum Gasteiger partial charge on any atom is -0.497 e. The summed E-state index contributed by atoms with van der Waals surface area (Å²) in [5, 5.41) is 10.8. The predicted molar refractivity (Wildman–Crippen MR) is 86.7 cm³/mol. The van der Waals surface area contributed by atoms with E-state index in [2.05, 4.69) is 4.98 Å². The molecule has 1 atom stereocenters. The minimum absolute atomic E-state index is 0. The van der Waals surface area contributed by atoms with Gasteiger partial charge in [0.05, 0.1) is 18.2 Å². The molecule has 2 rings (SSSR count). The Balaban J connectivity index is 0.00000220. The number of aliphatic hydroxyl groups is 1. The van der Waals surface area contributed by atoms with Crippen molar-refractivity contribution in [2.75, 3.05) is 19.5 Å². The third kappa shape index (κ3) is 6.25. The Morgan fingerprint density at radius 3 is 2.71 bits per heavy atom. The van der Waals surface area contributed by atoms with Crippen molar-refractivity contribution < 1.29 is 14.6 Å². The maximum Gasteiger partial charge on any atom is 0.123 e. The van der Waals surface area contributed by atoms with Crippen LogP contribution < -0.4 is 9.47 Å². The minimum atomic E-state index is -0.548. The van der Waals surface area contributed by atoms with Crippen molar-refractivity contribution >= 4 is 24.2 Å². The molecule has 0 radical (unpaired) electrons. The Bertz CT molecular complexity index is 527. The number of ether oxygens (including phenoxy) is 2. The second kappa shape index (κ2) is 9.50. The Labute approximate surface area is 134 Å². The molecule has 0 amide bonds. The van der Waals surface area contributed by atoms with Crippen molar-refractivity contribution in [3.8, 4) is 11.5 Å². The molecule has 114 valence electrons. The molecule has 1 aromatic heterocycles. The number of aliphatic hydroxyl groups excluding tert-OH is 1. The smallest absolute Gasteiger partial charge is 0.123 e. The van der Waals surface area contributed by atoms with E-state index in [4.69, 9.17) is 9.47 Å². The van der Waals surface area contributed by atoms with Crippen molar-refractivity contribution in [3.05, 3.63) is 48.7 Å². The van der Waals surface area contributed by atoms with Crippen molar-refractivity contribution in [2.45, 2.75) is 11.1 Å². The molecule has 4 nitrogen and oxygen atoms in total. The van der Waals surface area contributed by atoms with Gasteiger partial charge in [-0.2, -0.15) is 0 Å². The first-order valence-electron chi connectivity index (χ1n) is 6.26. The molecule has 1 aromatic carbocycles. The first kappa shape index (κ1) is 17.6. The van der Waals surface area contributed by atoms with Gasteiger partial charge in [-0.1, -0.05) is 12.1 Å². The topological polar surface area (TPSA) is 51.6 Å². The molecule has 21 heavy (non-hydrogen) atoms. The normalized spacial score (nSPS) is 11.3. The van der Waals surface area contributed by atoms with Gasteiger partial charge in [0.15, 0.2) is 0 Å². The highest BCUT2D eigenvalue weighted by Crippen LogP contribution is 2.20. The van der Waals surface area contributed by atoms with Gasteiger partial charge >= 0.3 is 0 Å². The highest BCUT2D eigenvalue weighted by Gasteiger charge is 2.07. The molecule has 0 aliphatic heterocycles. The van der Waals surface area contributed by atoms with E-state index in [0.29, 0.717) is 11.5 Å². The molecule has 0 saturated carbocycles. The summed E-state index contributed by atoms with van der Waals surface area (Å²) in [6.45, 7) is 0.243. The van der Waals surface area contributed by atoms with Crippen LogP contribution in [-0.2, 0) is 0 Å². The number of methoxy groups -OCH3 is 1. The number of nitrogens with zero attached hydrogens (tertiary/aromatic N) is 1. The Kier molecular flexibility index (Phi) is 7.97. The van der Waals surface area contributed by atoms with E-state index in [1.54, 1.807) is 19.4 Å². The van der Waals surface area contributed by atoms with Crippen molar-refractivity contribution in [3.63, 3.8) is 0 Å². The average Bonchev–Trinajstić information content (AvgIpc) is 2.52. The molecule has 0 fully saturated rings. The summed E-state index contributed by atoms with van der Waals surface area (Å²) in [4.78, 5) is 4.19. The second-order valence-corrected chi connectivity index (χ2v) is 5.16. The van der Waals surface area contributed by atoms with Crippen LogP contribution in [0.3, 0.4) is 0 Å². The van der Waals surface area contributed by atoms with E-state index in [9.17, 15) is 5.11 Å². The van der Waals surface area contributed by atoms with Gasteiger partial charge in [0.2, 0.25) is 0 Å². The number of halogens is 1. The molecule has 0 spiro atoms. The van der Waals surface area contributed by atoms with Crippen LogP contribution in [0.4, 0.5) is 0 Å². The maximum atomic E-state index is 9.89. The Morgan fingerprint density at radius 1 is 1.19 bits per heavy atom. The van der Waals surface area contributed by atoms with Crippen LogP contribution in [0.2, 0.25) is 0 Å². The molecule has 1 unspecified atom stereocenters. The fourth-order valence-corrected chi connectivity index (χ4v) is 2.32. The molecule has 0 aliphatic carbocycles. The van der Waals surface area contributed by atoms with Crippen LogP contribution in [0.15, 0.2) is 53.7 Å². The van der Waals surface area contributed by atoms with E-state index in [1.807, 2.05) is 36.4 Å². The number of rotatable bonds is 7. The van der Waals surface area contributed by atoms with Crippen molar-refractivity contribution in [1.82, 2.24) is 4.98 Å². The monoisotopic (exact) mass is 327 g/mol. The third-order valence-corrected chi connectivity index (χ3v) is 3.63. The van der Waals surface area contributed by atoms with Crippen LogP contribution in [0.1, 0.15) is 0 Å². The molecule has 1 heterocycles. The van der Waals surface area contributed by atoms with Crippen molar-refractivity contribution in [2.24, 2.45) is 0 Å². The predicted octanol–water partition coefficient (Wildman–Crippen LogP) is 3.04. The van der Waals surface area contributed by atoms with Crippen LogP contribution in [0, 0.1) is 0 Å². The first-order chi connectivity index (χ1) is 9.78. The third-order valence-electron chi connectivity index (χ3n) is 2.54. The summed E-state index contributed by atoms with van der Waals surface area (Å²) in [5.74, 6) is 1.96. The van der Waals surface area contributed by atoms with E-state index in [1.165, 1.54) is 11.8 Å². The van der Waals surface area contributed by atoms with E-state index < -0.39 is 6.10 Å². The highest BCUT2D eigenvalue weighted by atomic mass is 35.5. The maximum absolute atomic E-state index is 9.89. The number of aromatic nitrogens is 1. The van der Waals surface area contributed by atoms with Gasteiger partial charge in [-0.25, -0.2) is 4.98 Å². The lowest BCUT2D eigenvalue weighted by Crippen LogP contribution is -2.20. The lowest BCUT2D eigenvalue weighted by atomic mass is 10.3. The zero-order chi connectivity index (χ0) is 14.2. The van der Waals surface area contributed by atoms with Gasteiger partial charge in [-0.3, -0.25) is 0 Å². The number of benzene rings is 1. The van der Waals surface area contributed by atoms with Crippen molar-refractivity contribution in [1.29, 1.82) is 0 Å². The SMILES string of the molecule is COc1cccc(OCC(O)CSc2ccccn2)c1.Cl. The largest absolute Gasteiger partial charge is 0.497 e. The van der Waals surface area contributed by atoms with E-state index in [0.717, 1.165) is 10.8 Å². The van der Waals surface area contributed by atoms with Gasteiger partial charge in [-0.05, 0) is 24.3 Å². The summed E-state index contributed by atoms with van der Waals surface area (Å²) in [6, 6.07) is 13.0. The number of thioether (sulfide) groups is 1. The number of hydrogen-bond acceptors (Lipinski definition) is 5. The van der Waals surface area contributed by atoms with Gasteiger partial charge in [0.25, 0.3) is 0 Å². The summed E-state index contributed by atoms with van der Waals surface area (Å²) in [6.07, 6.45) is 1.19. The van der Waals surface area contributed by atoms with Crippen LogP contribution in [0.5, 0.6) is 11.5 Å². The molecule has 6 heteroatoms. The summed E-state index contributed by atoms with van der Waals surface area (Å²) in [5.41, 5.74) is 0. The quantitative estimate of drug-likeness (QED) is 0.792. The first-order valence-corrected chi connectivity index (χ1v) is 7.25. The number of pyridine rings is 1. The van der Waals surface area contributed by atoms with E-state index >= 15 is 0 Å². The van der Waals surface area contributed by atoms with Gasteiger partial charge in [-0.15, -0.1) is 24.2 Å². The zero-order valence-corrected chi connectivity index (χ0v) is 13.3. The summed E-state index contributed by atoms with van der Waals surface area (Å²) < 4.78 is 10.6. The molecule has 0 saturated heterocycles. The molecular weight excluding hydrogens is 310 g/mol. The fraction of sp³-hybridized carbons (Fsp3) is 0.267. The van der Waals surface area contributed by atoms with Crippen LogP contribution in [-0.4, -0.2) is 35.7 Å². The van der Waals surface area contributed by atoms with E-state index in [-0.39, 0.29) is 19.0 Å². The summed E-state index contributed by atoms with van der Waals surface area (Å²) in [7, 11) is 1.61. The molecule has 2 aromatic rings. The molecule has 0 aliphatic rings. The summed E-state index contributed by atoms with van der Waals surface area (Å²) >= 11 is 1.51. The van der Waals surface area contributed by atoms with Crippen LogP contribution >= 0.6 is 24.2 Å². The standard InChI is InChI=1S/C15H17NO3S.ClH/c1-18-13-5-4-6-14(9-13)19-10-12(17)11-20-15-7-2-3-8-16-15;/h2-9,12,17H,10-11H2,1H3;1H. The number of hydrogen-bond donors (Lipinski definition) is 1.